The molecule has 2 aromatic carbocycles. The molecule has 2 aromatic rings. The molecule has 17 heavy (non-hydrogen) atoms. The quantitative estimate of drug-likeness (QED) is 0.443. The van der Waals surface area contributed by atoms with Crippen LogP contribution >= 0.6 is 0 Å². The van der Waals surface area contributed by atoms with Gasteiger partial charge in [0.05, 0.1) is 12.7 Å². The maximum atomic E-state index is 5.75. The van der Waals surface area contributed by atoms with E-state index in [-0.39, 0.29) is 26.5 Å². The Kier molecular flexibility index (Phi) is 4.12. The van der Waals surface area contributed by atoms with Crippen molar-refractivity contribution in [3.8, 4) is 0 Å². The first-order valence-corrected chi connectivity index (χ1v) is 5.61. The van der Waals surface area contributed by atoms with Gasteiger partial charge in [0, 0.05) is 20.4 Å². The van der Waals surface area contributed by atoms with Crippen LogP contribution in [-0.2, 0) is 25.2 Å². The van der Waals surface area contributed by atoms with Crippen LogP contribution in [0.1, 0.15) is 18.1 Å². The van der Waals surface area contributed by atoms with E-state index < -0.39 is 0 Å². The number of benzene rings is 2. The molecule has 0 saturated carbocycles. The monoisotopic (exact) mass is 315 g/mol. The van der Waals surface area contributed by atoms with Crippen LogP contribution in [-0.4, -0.2) is 6.61 Å². The summed E-state index contributed by atoms with van der Waals surface area (Å²) in [5, 5.41) is 2.51. The van der Waals surface area contributed by atoms with E-state index in [0.717, 1.165) is 6.42 Å². The molecule has 0 saturated heterocycles. The molecule has 90 valence electrons. The fourth-order valence-electron chi connectivity index (χ4n) is 2.18. The van der Waals surface area contributed by atoms with Crippen LogP contribution in [0.2, 0.25) is 0 Å². The fourth-order valence-corrected chi connectivity index (χ4v) is 2.18. The van der Waals surface area contributed by atoms with Crippen LogP contribution in [0.15, 0.2) is 48.6 Å². The summed E-state index contributed by atoms with van der Waals surface area (Å²) >= 11 is 0. The molecule has 1 aliphatic heterocycles. The van der Waals surface area contributed by atoms with Crippen LogP contribution in [0.25, 0.3) is 10.8 Å². The molecular weight excluding hydrogens is 303 g/mol. The van der Waals surface area contributed by atoms with Crippen molar-refractivity contribution in [3.63, 3.8) is 0 Å². The Morgan fingerprint density at radius 3 is 2.82 bits per heavy atom. The molecule has 1 atom stereocenters. The maximum absolute atomic E-state index is 5.75. The van der Waals surface area contributed by atoms with Crippen LogP contribution in [0.3, 0.4) is 0 Å². The van der Waals surface area contributed by atoms with E-state index in [1.807, 2.05) is 6.07 Å². The average Bonchev–Trinajstić information content (AvgIpc) is 2.39. The summed E-state index contributed by atoms with van der Waals surface area (Å²) < 4.78 is 5.75. The minimum atomic E-state index is 0. The summed E-state index contributed by atoms with van der Waals surface area (Å²) in [5.74, 6) is 0. The molecule has 0 N–H and O–H groups in total. The fraction of sp³-hybridized carbons (Fsp3) is 0.200. The first kappa shape index (κ1) is 12.5. The van der Waals surface area contributed by atoms with Gasteiger partial charge < -0.3 is 4.74 Å². The van der Waals surface area contributed by atoms with Crippen molar-refractivity contribution in [2.24, 2.45) is 0 Å². The summed E-state index contributed by atoms with van der Waals surface area (Å²) in [4.78, 5) is 0. The van der Waals surface area contributed by atoms with Gasteiger partial charge in [0.25, 0.3) is 0 Å². The Labute approximate surface area is 115 Å². The van der Waals surface area contributed by atoms with Gasteiger partial charge in [-0.1, -0.05) is 30.4 Å². The SMILES string of the molecule is [Pd].[c-]1ccc2ccccc2c1C1CC=CCO1. The molecule has 1 heterocycles. The normalized spacial score (nSPS) is 18.9. The number of hydrogen-bond acceptors (Lipinski definition) is 1. The van der Waals surface area contributed by atoms with Crippen LogP contribution < -0.4 is 0 Å². The Balaban J connectivity index is 0.00000108. The molecule has 0 bridgehead atoms. The third-order valence-corrected chi connectivity index (χ3v) is 2.99. The third kappa shape index (κ3) is 2.50. The zero-order valence-electron chi connectivity index (χ0n) is 9.33. The largest absolute Gasteiger partial charge is 0.371 e. The van der Waals surface area contributed by atoms with Crippen LogP contribution in [0.4, 0.5) is 0 Å². The van der Waals surface area contributed by atoms with Crippen molar-refractivity contribution in [1.82, 2.24) is 0 Å². The summed E-state index contributed by atoms with van der Waals surface area (Å²) in [5.41, 5.74) is 1.18. The molecule has 0 aromatic heterocycles. The third-order valence-electron chi connectivity index (χ3n) is 2.99. The second-order valence-corrected chi connectivity index (χ2v) is 4.01. The van der Waals surface area contributed by atoms with Crippen molar-refractivity contribution in [3.05, 3.63) is 60.2 Å². The molecule has 1 aliphatic rings. The molecule has 0 aliphatic carbocycles. The van der Waals surface area contributed by atoms with E-state index in [0.29, 0.717) is 6.61 Å². The van der Waals surface area contributed by atoms with Gasteiger partial charge in [-0.05, 0) is 6.42 Å². The van der Waals surface area contributed by atoms with Crippen LogP contribution in [0.5, 0.6) is 0 Å². The predicted molar refractivity (Wildman–Crippen MR) is 65.2 cm³/mol. The zero-order valence-corrected chi connectivity index (χ0v) is 10.9. The van der Waals surface area contributed by atoms with Gasteiger partial charge in [0.2, 0.25) is 0 Å². The zero-order chi connectivity index (χ0) is 10.8. The van der Waals surface area contributed by atoms with Gasteiger partial charge in [0.15, 0.2) is 0 Å². The van der Waals surface area contributed by atoms with E-state index in [2.05, 4.69) is 48.6 Å². The molecular formula is C15H13OPd-. The summed E-state index contributed by atoms with van der Waals surface area (Å²) in [6.07, 6.45) is 5.37. The van der Waals surface area contributed by atoms with E-state index >= 15 is 0 Å². The van der Waals surface area contributed by atoms with Crippen molar-refractivity contribution in [2.75, 3.05) is 6.61 Å². The molecule has 3 rings (SSSR count). The summed E-state index contributed by atoms with van der Waals surface area (Å²) in [7, 11) is 0. The first-order chi connectivity index (χ1) is 7.95. The standard InChI is InChI=1S/C15H13O.Pd/c1-2-8-13-12(6-1)7-5-9-14(13)15-10-3-4-11-16-15;/h1-8,15H,10-11H2;/q-1;. The Hall–Kier alpha value is -0.938. The molecule has 1 unspecified atom stereocenters. The Morgan fingerprint density at radius 2 is 2.00 bits per heavy atom. The number of rotatable bonds is 1. The number of hydrogen-bond donors (Lipinski definition) is 0. The smallest absolute Gasteiger partial charge is 0.0654 e. The second kappa shape index (κ2) is 5.60. The van der Waals surface area contributed by atoms with E-state index in [1.54, 1.807) is 0 Å². The molecule has 2 heteroatoms. The van der Waals surface area contributed by atoms with E-state index in [4.69, 9.17) is 4.74 Å². The first-order valence-electron chi connectivity index (χ1n) is 5.61. The second-order valence-electron chi connectivity index (χ2n) is 4.01. The van der Waals surface area contributed by atoms with Crippen molar-refractivity contribution < 1.29 is 25.2 Å². The van der Waals surface area contributed by atoms with Crippen molar-refractivity contribution >= 4 is 10.8 Å². The van der Waals surface area contributed by atoms with Gasteiger partial charge in [0.1, 0.15) is 0 Å². The molecule has 0 spiro atoms. The Bertz CT molecular complexity index is 528. The van der Waals surface area contributed by atoms with Gasteiger partial charge in [-0.15, -0.1) is 22.4 Å². The van der Waals surface area contributed by atoms with Crippen molar-refractivity contribution in [1.29, 1.82) is 0 Å². The van der Waals surface area contributed by atoms with Gasteiger partial charge in [-0.2, -0.15) is 18.2 Å². The summed E-state index contributed by atoms with van der Waals surface area (Å²) in [6, 6.07) is 15.8. The van der Waals surface area contributed by atoms with Gasteiger partial charge in [-0.3, -0.25) is 0 Å². The maximum Gasteiger partial charge on any atom is 0.0654 e. The minimum Gasteiger partial charge on any atom is -0.371 e. The van der Waals surface area contributed by atoms with Crippen LogP contribution in [0, 0.1) is 6.07 Å². The number of ether oxygens (including phenoxy) is 1. The molecule has 0 fully saturated rings. The average molecular weight is 316 g/mol. The topological polar surface area (TPSA) is 9.23 Å². The summed E-state index contributed by atoms with van der Waals surface area (Å²) in [6.45, 7) is 0.710. The van der Waals surface area contributed by atoms with Crippen molar-refractivity contribution in [2.45, 2.75) is 12.5 Å². The molecule has 1 nitrogen and oxygen atoms in total. The van der Waals surface area contributed by atoms with E-state index in [9.17, 15) is 0 Å². The Morgan fingerprint density at radius 1 is 1.12 bits per heavy atom. The number of fused-ring (bicyclic) bond motifs is 1. The van der Waals surface area contributed by atoms with Gasteiger partial charge in [-0.25, -0.2) is 0 Å². The van der Waals surface area contributed by atoms with Gasteiger partial charge >= 0.3 is 0 Å². The molecule has 0 radical (unpaired) electrons. The van der Waals surface area contributed by atoms with E-state index in [1.165, 1.54) is 16.3 Å². The predicted octanol–water partition coefficient (Wildman–Crippen LogP) is 3.66. The minimum absolute atomic E-state index is 0. The molecule has 0 amide bonds.